The molecule has 21 heavy (non-hydrogen) atoms. The van der Waals surface area contributed by atoms with Gasteiger partial charge in [0.25, 0.3) is 0 Å². The predicted molar refractivity (Wildman–Crippen MR) is 90.4 cm³/mol. The molecule has 0 saturated heterocycles. The number of aryl methyl sites for hydroxylation is 2. The molecule has 0 aliphatic heterocycles. The van der Waals surface area contributed by atoms with Crippen molar-refractivity contribution >= 4 is 5.82 Å². The molecule has 1 heterocycles. The molecular weight excluding hydrogens is 256 g/mol. The molecule has 0 bridgehead atoms. The maximum atomic E-state index is 5.51. The summed E-state index contributed by atoms with van der Waals surface area (Å²) in [5.41, 5.74) is 4.23. The van der Waals surface area contributed by atoms with Gasteiger partial charge in [0.2, 0.25) is 0 Å². The quantitative estimate of drug-likeness (QED) is 0.644. The fourth-order valence-electron chi connectivity index (χ4n) is 3.26. The number of anilines is 1. The molecule has 2 heteroatoms. The highest BCUT2D eigenvalue weighted by Gasteiger charge is 2.25. The molecular formula is C19H26N2. The fraction of sp³-hybridized carbons (Fsp3) is 0.526. The van der Waals surface area contributed by atoms with Crippen molar-refractivity contribution in [3.8, 4) is 12.3 Å². The van der Waals surface area contributed by atoms with Crippen LogP contribution in [0.1, 0.15) is 55.8 Å². The molecule has 0 amide bonds. The van der Waals surface area contributed by atoms with Gasteiger partial charge in [0.05, 0.1) is 5.69 Å². The highest BCUT2D eigenvalue weighted by molar-refractivity contribution is 5.51. The van der Waals surface area contributed by atoms with Crippen LogP contribution in [0.4, 0.5) is 5.82 Å². The first-order valence-electron chi connectivity index (χ1n) is 7.87. The molecule has 2 atom stereocenters. The number of allylic oxidation sites excluding steroid dienone is 1. The lowest BCUT2D eigenvalue weighted by Crippen LogP contribution is -2.33. The molecule has 112 valence electrons. The van der Waals surface area contributed by atoms with Gasteiger partial charge in [0, 0.05) is 11.6 Å². The SMILES string of the molecule is C#Cc1cc(C)c(NC2CCCCC2CC(=C)C)nc1C. The van der Waals surface area contributed by atoms with Crippen molar-refractivity contribution in [1.29, 1.82) is 0 Å². The highest BCUT2D eigenvalue weighted by atomic mass is 15.0. The van der Waals surface area contributed by atoms with Crippen LogP contribution in [0.15, 0.2) is 18.2 Å². The van der Waals surface area contributed by atoms with Crippen molar-refractivity contribution < 1.29 is 0 Å². The van der Waals surface area contributed by atoms with Crippen LogP contribution >= 0.6 is 0 Å². The van der Waals surface area contributed by atoms with Gasteiger partial charge in [-0.1, -0.05) is 24.3 Å². The summed E-state index contributed by atoms with van der Waals surface area (Å²) < 4.78 is 0. The average Bonchev–Trinajstić information content (AvgIpc) is 2.44. The minimum atomic E-state index is 0.498. The van der Waals surface area contributed by atoms with Crippen LogP contribution in [0.25, 0.3) is 0 Å². The van der Waals surface area contributed by atoms with E-state index in [4.69, 9.17) is 6.42 Å². The van der Waals surface area contributed by atoms with E-state index in [1.54, 1.807) is 0 Å². The molecule has 1 N–H and O–H groups in total. The first-order valence-corrected chi connectivity index (χ1v) is 7.87. The summed E-state index contributed by atoms with van der Waals surface area (Å²) in [6, 6.07) is 2.55. The molecule has 0 spiro atoms. The van der Waals surface area contributed by atoms with Crippen molar-refractivity contribution in [2.75, 3.05) is 5.32 Å². The van der Waals surface area contributed by atoms with E-state index in [1.807, 2.05) is 6.92 Å². The minimum Gasteiger partial charge on any atom is -0.367 e. The van der Waals surface area contributed by atoms with Crippen molar-refractivity contribution in [2.45, 2.75) is 58.9 Å². The van der Waals surface area contributed by atoms with E-state index in [1.165, 1.54) is 31.3 Å². The molecule has 2 rings (SSSR count). The smallest absolute Gasteiger partial charge is 0.129 e. The van der Waals surface area contributed by atoms with Gasteiger partial charge in [-0.15, -0.1) is 13.0 Å². The molecule has 1 aromatic rings. The predicted octanol–water partition coefficient (Wildman–Crippen LogP) is 4.62. The zero-order chi connectivity index (χ0) is 15.4. The van der Waals surface area contributed by atoms with Crippen LogP contribution in [0, 0.1) is 32.1 Å². The summed E-state index contributed by atoms with van der Waals surface area (Å²) in [7, 11) is 0. The summed E-state index contributed by atoms with van der Waals surface area (Å²) in [5, 5.41) is 3.68. The van der Waals surface area contributed by atoms with Crippen LogP contribution in [-0.2, 0) is 0 Å². The van der Waals surface area contributed by atoms with Crippen molar-refractivity contribution in [3.05, 3.63) is 35.0 Å². The number of rotatable bonds is 4. The highest BCUT2D eigenvalue weighted by Crippen LogP contribution is 2.31. The Morgan fingerprint density at radius 3 is 2.81 bits per heavy atom. The normalized spacial score (nSPS) is 21.6. The van der Waals surface area contributed by atoms with Crippen LogP contribution in [0.5, 0.6) is 0 Å². The van der Waals surface area contributed by atoms with Crippen molar-refractivity contribution in [2.24, 2.45) is 5.92 Å². The lowest BCUT2D eigenvalue weighted by atomic mass is 9.81. The Bertz CT molecular complexity index is 566. The Morgan fingerprint density at radius 1 is 1.43 bits per heavy atom. The average molecular weight is 282 g/mol. The Morgan fingerprint density at radius 2 is 2.14 bits per heavy atom. The van der Waals surface area contributed by atoms with Gasteiger partial charge in [-0.25, -0.2) is 4.98 Å². The van der Waals surface area contributed by atoms with Crippen LogP contribution in [0.2, 0.25) is 0 Å². The zero-order valence-corrected chi connectivity index (χ0v) is 13.5. The summed E-state index contributed by atoms with van der Waals surface area (Å²) >= 11 is 0. The molecule has 0 aromatic carbocycles. The van der Waals surface area contributed by atoms with Crippen molar-refractivity contribution in [3.63, 3.8) is 0 Å². The molecule has 2 unspecified atom stereocenters. The molecule has 1 aromatic heterocycles. The Balaban J connectivity index is 2.17. The number of hydrogen-bond donors (Lipinski definition) is 1. The van der Waals surface area contributed by atoms with E-state index < -0.39 is 0 Å². The van der Waals surface area contributed by atoms with E-state index in [9.17, 15) is 0 Å². The molecule has 1 fully saturated rings. The lowest BCUT2D eigenvalue weighted by molar-refractivity contribution is 0.322. The summed E-state index contributed by atoms with van der Waals surface area (Å²) in [6.07, 6.45) is 11.7. The largest absolute Gasteiger partial charge is 0.367 e. The summed E-state index contributed by atoms with van der Waals surface area (Å²) in [5.74, 6) is 4.36. The Hall–Kier alpha value is -1.75. The minimum absolute atomic E-state index is 0.498. The van der Waals surface area contributed by atoms with E-state index in [0.29, 0.717) is 12.0 Å². The summed E-state index contributed by atoms with van der Waals surface area (Å²) in [4.78, 5) is 4.68. The van der Waals surface area contributed by atoms with E-state index in [2.05, 4.69) is 42.7 Å². The third-order valence-electron chi connectivity index (χ3n) is 4.40. The molecule has 0 radical (unpaired) electrons. The topological polar surface area (TPSA) is 24.9 Å². The second kappa shape index (κ2) is 6.80. The lowest BCUT2D eigenvalue weighted by Gasteiger charge is -2.33. The second-order valence-corrected chi connectivity index (χ2v) is 6.39. The number of pyridine rings is 1. The van der Waals surface area contributed by atoms with Gasteiger partial charge in [0.1, 0.15) is 5.82 Å². The third kappa shape index (κ3) is 3.88. The van der Waals surface area contributed by atoms with E-state index >= 15 is 0 Å². The van der Waals surface area contributed by atoms with Crippen LogP contribution in [-0.4, -0.2) is 11.0 Å². The van der Waals surface area contributed by atoms with Gasteiger partial charge >= 0.3 is 0 Å². The third-order valence-corrected chi connectivity index (χ3v) is 4.40. The standard InChI is InChI=1S/C19H26N2/c1-6-16-12-14(4)19(20-15(16)5)21-18-10-8-7-9-17(18)11-13(2)3/h1,12,17-18H,2,7-11H2,3-5H3,(H,20,21). The van der Waals surface area contributed by atoms with Crippen molar-refractivity contribution in [1.82, 2.24) is 4.98 Å². The van der Waals surface area contributed by atoms with E-state index in [-0.39, 0.29) is 0 Å². The van der Waals surface area contributed by atoms with E-state index in [0.717, 1.165) is 29.1 Å². The Labute approximate surface area is 129 Å². The number of nitrogens with zero attached hydrogens (tertiary/aromatic N) is 1. The van der Waals surface area contributed by atoms with Gasteiger partial charge in [0.15, 0.2) is 0 Å². The monoisotopic (exact) mass is 282 g/mol. The number of nitrogens with one attached hydrogen (secondary N) is 1. The van der Waals surface area contributed by atoms with Crippen LogP contribution in [0.3, 0.4) is 0 Å². The molecule has 1 saturated carbocycles. The fourth-order valence-corrected chi connectivity index (χ4v) is 3.26. The van der Waals surface area contributed by atoms with Crippen LogP contribution < -0.4 is 5.32 Å². The zero-order valence-electron chi connectivity index (χ0n) is 13.5. The number of hydrogen-bond acceptors (Lipinski definition) is 2. The molecule has 1 aliphatic rings. The Kier molecular flexibility index (Phi) is 5.07. The van der Waals surface area contributed by atoms with Gasteiger partial charge in [-0.2, -0.15) is 0 Å². The maximum Gasteiger partial charge on any atom is 0.129 e. The summed E-state index contributed by atoms with van der Waals surface area (Å²) in [6.45, 7) is 10.3. The first-order chi connectivity index (χ1) is 10.0. The maximum absolute atomic E-state index is 5.51. The molecule has 2 nitrogen and oxygen atoms in total. The van der Waals surface area contributed by atoms with Gasteiger partial charge in [-0.3, -0.25) is 0 Å². The number of terminal acetylenes is 1. The van der Waals surface area contributed by atoms with Gasteiger partial charge in [-0.05, 0) is 57.6 Å². The van der Waals surface area contributed by atoms with Gasteiger partial charge < -0.3 is 5.32 Å². The molecule has 1 aliphatic carbocycles. The first kappa shape index (κ1) is 15.6. The second-order valence-electron chi connectivity index (χ2n) is 6.39. The number of aromatic nitrogens is 1.